The topological polar surface area (TPSA) is 114 Å². The molecule has 3 amide bonds. The number of rotatable bonds is 7. The lowest BCUT2D eigenvalue weighted by molar-refractivity contribution is -0.164. The number of amides is 3. The lowest BCUT2D eigenvalue weighted by Gasteiger charge is -2.32. The standard InChI is InChI=1S/C28H35N3O6/c1-18-10-9-13-22(14-18)30-27(35)29-16-24(33)31-23(26(34)37-28(3,4)5)15-21(17-36-19(2)32)25(31)20-11-7-6-8-12-20/h6-14,21,23,25H,15-17H2,1-5H3,(H2,29,30,35). The van der Waals surface area contributed by atoms with E-state index in [1.54, 1.807) is 26.8 Å². The van der Waals surface area contributed by atoms with Crippen molar-refractivity contribution in [2.45, 2.75) is 58.7 Å². The molecule has 2 N–H and O–H groups in total. The van der Waals surface area contributed by atoms with Crippen LogP contribution in [0.25, 0.3) is 0 Å². The first kappa shape index (κ1) is 27.7. The number of hydrogen-bond donors (Lipinski definition) is 2. The number of nitrogens with one attached hydrogen (secondary N) is 2. The van der Waals surface area contributed by atoms with Gasteiger partial charge in [0.2, 0.25) is 5.91 Å². The average Bonchev–Trinajstić information content (AvgIpc) is 3.20. The smallest absolute Gasteiger partial charge is 0.329 e. The number of benzene rings is 2. The van der Waals surface area contributed by atoms with Gasteiger partial charge in [-0.15, -0.1) is 0 Å². The molecule has 0 radical (unpaired) electrons. The van der Waals surface area contributed by atoms with E-state index in [4.69, 9.17) is 9.47 Å². The average molecular weight is 510 g/mol. The van der Waals surface area contributed by atoms with Crippen LogP contribution in [0.4, 0.5) is 10.5 Å². The molecule has 1 fully saturated rings. The van der Waals surface area contributed by atoms with Gasteiger partial charge in [-0.3, -0.25) is 9.59 Å². The second kappa shape index (κ2) is 11.9. The quantitative estimate of drug-likeness (QED) is 0.546. The van der Waals surface area contributed by atoms with Crippen molar-refractivity contribution in [3.8, 4) is 0 Å². The van der Waals surface area contributed by atoms with Gasteiger partial charge in [0.1, 0.15) is 11.6 Å². The number of ether oxygens (including phenoxy) is 2. The van der Waals surface area contributed by atoms with Crippen LogP contribution in [0.1, 0.15) is 51.3 Å². The van der Waals surface area contributed by atoms with Gasteiger partial charge in [-0.2, -0.15) is 0 Å². The van der Waals surface area contributed by atoms with Crippen LogP contribution in [0.2, 0.25) is 0 Å². The number of carbonyl (C=O) groups is 4. The van der Waals surface area contributed by atoms with Crippen LogP contribution in [0.3, 0.4) is 0 Å². The molecule has 37 heavy (non-hydrogen) atoms. The number of hydrogen-bond acceptors (Lipinski definition) is 6. The summed E-state index contributed by atoms with van der Waals surface area (Å²) in [7, 11) is 0. The number of nitrogens with zero attached hydrogens (tertiary/aromatic N) is 1. The van der Waals surface area contributed by atoms with Crippen molar-refractivity contribution in [3.05, 3.63) is 65.7 Å². The Kier molecular flexibility index (Phi) is 8.91. The fraction of sp³-hybridized carbons (Fsp3) is 0.429. The number of anilines is 1. The van der Waals surface area contributed by atoms with Crippen LogP contribution in [-0.4, -0.2) is 53.6 Å². The molecule has 0 bridgehead atoms. The van der Waals surface area contributed by atoms with Gasteiger partial charge in [0.05, 0.1) is 19.2 Å². The fourth-order valence-corrected chi connectivity index (χ4v) is 4.47. The number of aryl methyl sites for hydroxylation is 1. The van der Waals surface area contributed by atoms with E-state index in [1.165, 1.54) is 11.8 Å². The van der Waals surface area contributed by atoms with Gasteiger partial charge >= 0.3 is 18.0 Å². The largest absolute Gasteiger partial charge is 0.465 e. The van der Waals surface area contributed by atoms with Crippen LogP contribution in [-0.2, 0) is 23.9 Å². The monoisotopic (exact) mass is 509 g/mol. The van der Waals surface area contributed by atoms with Crippen molar-refractivity contribution in [1.29, 1.82) is 0 Å². The predicted octanol–water partition coefficient (Wildman–Crippen LogP) is 3.98. The van der Waals surface area contributed by atoms with Crippen LogP contribution >= 0.6 is 0 Å². The highest BCUT2D eigenvalue weighted by atomic mass is 16.6. The van der Waals surface area contributed by atoms with Crippen molar-refractivity contribution in [2.24, 2.45) is 5.92 Å². The summed E-state index contributed by atoms with van der Waals surface area (Å²) in [6.45, 7) is 8.21. The first-order chi connectivity index (χ1) is 17.4. The molecule has 1 saturated heterocycles. The maximum Gasteiger partial charge on any atom is 0.329 e. The molecule has 198 valence electrons. The summed E-state index contributed by atoms with van der Waals surface area (Å²) in [5, 5.41) is 5.30. The molecule has 1 aliphatic heterocycles. The van der Waals surface area contributed by atoms with Gasteiger partial charge in [-0.25, -0.2) is 9.59 Å². The molecule has 9 heteroatoms. The summed E-state index contributed by atoms with van der Waals surface area (Å²) in [6, 6.07) is 14.6. The van der Waals surface area contributed by atoms with E-state index in [2.05, 4.69) is 10.6 Å². The Morgan fingerprint density at radius 1 is 1.03 bits per heavy atom. The van der Waals surface area contributed by atoms with Gasteiger partial charge in [-0.05, 0) is 57.4 Å². The summed E-state index contributed by atoms with van der Waals surface area (Å²) in [4.78, 5) is 52.3. The number of urea groups is 1. The normalized spacial score (nSPS) is 19.2. The lowest BCUT2D eigenvalue weighted by atomic mass is 9.93. The number of esters is 2. The lowest BCUT2D eigenvalue weighted by Crippen LogP contribution is -2.48. The minimum absolute atomic E-state index is 0.0409. The maximum atomic E-state index is 13.6. The number of likely N-dealkylation sites (tertiary alicyclic amines) is 1. The third-order valence-electron chi connectivity index (χ3n) is 5.89. The summed E-state index contributed by atoms with van der Waals surface area (Å²) in [5.74, 6) is -1.78. The summed E-state index contributed by atoms with van der Waals surface area (Å²) < 4.78 is 10.9. The van der Waals surface area contributed by atoms with E-state index >= 15 is 0 Å². The molecule has 0 aliphatic carbocycles. The molecule has 9 nitrogen and oxygen atoms in total. The Bertz CT molecular complexity index is 1130. The third kappa shape index (κ3) is 7.80. The van der Waals surface area contributed by atoms with Crippen LogP contribution in [0.15, 0.2) is 54.6 Å². The minimum Gasteiger partial charge on any atom is -0.465 e. The van der Waals surface area contributed by atoms with Gasteiger partial charge < -0.3 is 25.0 Å². The van der Waals surface area contributed by atoms with Crippen LogP contribution in [0.5, 0.6) is 0 Å². The Hall–Kier alpha value is -3.88. The molecule has 0 aromatic heterocycles. The predicted molar refractivity (Wildman–Crippen MR) is 139 cm³/mol. The van der Waals surface area contributed by atoms with Crippen molar-refractivity contribution in [1.82, 2.24) is 10.2 Å². The van der Waals surface area contributed by atoms with E-state index in [0.29, 0.717) is 5.69 Å². The molecular weight excluding hydrogens is 474 g/mol. The molecule has 0 spiro atoms. The van der Waals surface area contributed by atoms with Gasteiger partial charge in [0.15, 0.2) is 0 Å². The van der Waals surface area contributed by atoms with Gasteiger partial charge in [-0.1, -0.05) is 42.5 Å². The Morgan fingerprint density at radius 2 is 1.73 bits per heavy atom. The molecule has 3 atom stereocenters. The summed E-state index contributed by atoms with van der Waals surface area (Å²) >= 11 is 0. The Balaban J connectivity index is 1.85. The zero-order chi connectivity index (χ0) is 27.2. The van der Waals surface area contributed by atoms with E-state index < -0.39 is 41.6 Å². The van der Waals surface area contributed by atoms with Crippen molar-refractivity contribution in [3.63, 3.8) is 0 Å². The van der Waals surface area contributed by atoms with Crippen LogP contribution < -0.4 is 10.6 Å². The zero-order valence-corrected chi connectivity index (χ0v) is 21.9. The highest BCUT2D eigenvalue weighted by Crippen LogP contribution is 2.42. The van der Waals surface area contributed by atoms with Crippen LogP contribution in [0, 0.1) is 12.8 Å². The summed E-state index contributed by atoms with van der Waals surface area (Å²) in [5.41, 5.74) is 1.62. The highest BCUT2D eigenvalue weighted by Gasteiger charge is 2.49. The molecular formula is C28H35N3O6. The molecule has 1 heterocycles. The fourth-order valence-electron chi connectivity index (χ4n) is 4.47. The molecule has 1 aliphatic rings. The summed E-state index contributed by atoms with van der Waals surface area (Å²) in [6.07, 6.45) is 0.253. The molecule has 0 saturated carbocycles. The van der Waals surface area contributed by atoms with Crippen molar-refractivity contribution in [2.75, 3.05) is 18.5 Å². The molecule has 2 aromatic rings. The minimum atomic E-state index is -0.904. The molecule has 2 aromatic carbocycles. The van der Waals surface area contributed by atoms with Crippen molar-refractivity contribution < 1.29 is 28.7 Å². The Labute approximate surface area is 217 Å². The van der Waals surface area contributed by atoms with Gasteiger partial charge in [0.25, 0.3) is 0 Å². The van der Waals surface area contributed by atoms with E-state index in [9.17, 15) is 19.2 Å². The van der Waals surface area contributed by atoms with E-state index in [0.717, 1.165) is 11.1 Å². The third-order valence-corrected chi connectivity index (χ3v) is 5.89. The number of carbonyl (C=O) groups excluding carboxylic acids is 4. The molecule has 3 rings (SSSR count). The van der Waals surface area contributed by atoms with Crippen molar-refractivity contribution >= 4 is 29.6 Å². The van der Waals surface area contributed by atoms with E-state index in [1.807, 2.05) is 55.5 Å². The van der Waals surface area contributed by atoms with E-state index in [-0.39, 0.29) is 25.5 Å². The second-order valence-corrected chi connectivity index (χ2v) is 10.2. The molecule has 3 unspecified atom stereocenters. The Morgan fingerprint density at radius 3 is 2.35 bits per heavy atom. The first-order valence-electron chi connectivity index (χ1n) is 12.3. The highest BCUT2D eigenvalue weighted by molar-refractivity contribution is 5.93. The first-order valence-corrected chi connectivity index (χ1v) is 12.3. The second-order valence-electron chi connectivity index (χ2n) is 10.2. The maximum absolute atomic E-state index is 13.6. The van der Waals surface area contributed by atoms with Gasteiger partial charge in [0, 0.05) is 18.5 Å². The zero-order valence-electron chi connectivity index (χ0n) is 21.9. The SMILES string of the molecule is CC(=O)OCC1CC(C(=O)OC(C)(C)C)N(C(=O)CNC(=O)Nc2cccc(C)c2)C1c1ccccc1.